The van der Waals surface area contributed by atoms with E-state index in [-0.39, 0.29) is 22.9 Å². The quantitative estimate of drug-likeness (QED) is 0.362. The van der Waals surface area contributed by atoms with Gasteiger partial charge < -0.3 is 14.8 Å². The third-order valence-corrected chi connectivity index (χ3v) is 7.93. The van der Waals surface area contributed by atoms with E-state index in [0.29, 0.717) is 11.3 Å². The molecule has 1 unspecified atom stereocenters. The molecule has 1 amide bonds. The SMILES string of the molecule is COc1ccc(CN(c2scnc2C(=O)OC(C)(C)C)S(=O)(=O)c2ccc(NC(=O)C(C)C#N)c(F)c2)cc1. The van der Waals surface area contributed by atoms with Gasteiger partial charge in [0.1, 0.15) is 28.1 Å². The molecular weight excluding hydrogens is 547 g/mol. The smallest absolute Gasteiger partial charge is 0.360 e. The fourth-order valence-corrected chi connectivity index (χ4v) is 5.71. The number of halogens is 1. The molecule has 0 saturated carbocycles. The molecule has 13 heteroatoms. The van der Waals surface area contributed by atoms with Gasteiger partial charge in [0.15, 0.2) is 5.69 Å². The van der Waals surface area contributed by atoms with Crippen LogP contribution in [0.3, 0.4) is 0 Å². The van der Waals surface area contributed by atoms with Crippen LogP contribution in [0, 0.1) is 23.1 Å². The van der Waals surface area contributed by atoms with E-state index >= 15 is 0 Å². The largest absolute Gasteiger partial charge is 0.497 e. The Labute approximate surface area is 230 Å². The number of hydrogen-bond acceptors (Lipinski definition) is 9. The highest BCUT2D eigenvalue weighted by atomic mass is 32.2. The van der Waals surface area contributed by atoms with Crippen LogP contribution in [0.25, 0.3) is 0 Å². The lowest BCUT2D eigenvalue weighted by atomic mass is 10.2. The standard InChI is InChI=1S/C26H27FN4O6S2/c1-16(13-28)23(32)30-21-11-10-19(12-20(21)27)39(34,35)31(14-17-6-8-18(36-5)9-7-17)24-22(29-15-38-24)25(33)37-26(2,3)4/h6-12,15-16H,14H2,1-5H3,(H,30,32). The van der Waals surface area contributed by atoms with Crippen LogP contribution < -0.4 is 14.4 Å². The lowest BCUT2D eigenvalue weighted by molar-refractivity contribution is -0.117. The first-order chi connectivity index (χ1) is 18.3. The summed E-state index contributed by atoms with van der Waals surface area (Å²) in [5.74, 6) is -3.05. The maximum absolute atomic E-state index is 14.9. The summed E-state index contributed by atoms with van der Waals surface area (Å²) in [4.78, 5) is 28.5. The number of nitrogens with zero attached hydrogens (tertiary/aromatic N) is 3. The van der Waals surface area contributed by atoms with Crippen molar-refractivity contribution in [1.82, 2.24) is 4.98 Å². The van der Waals surface area contributed by atoms with E-state index in [1.54, 1.807) is 51.1 Å². The van der Waals surface area contributed by atoms with Crippen molar-refractivity contribution < 1.29 is 31.9 Å². The Kier molecular flexibility index (Phi) is 8.93. The van der Waals surface area contributed by atoms with E-state index in [1.165, 1.54) is 19.5 Å². The number of carbonyl (C=O) groups excluding carboxylic acids is 2. The minimum atomic E-state index is -4.47. The first kappa shape index (κ1) is 29.5. The highest BCUT2D eigenvalue weighted by Crippen LogP contribution is 2.34. The number of amides is 1. The van der Waals surface area contributed by atoms with Crippen LogP contribution in [-0.4, -0.2) is 38.0 Å². The molecule has 0 radical (unpaired) electrons. The summed E-state index contributed by atoms with van der Waals surface area (Å²) in [5, 5.41) is 11.1. The summed E-state index contributed by atoms with van der Waals surface area (Å²) < 4.78 is 54.3. The van der Waals surface area contributed by atoms with Gasteiger partial charge in [0.25, 0.3) is 10.0 Å². The minimum absolute atomic E-state index is 0.0132. The monoisotopic (exact) mass is 574 g/mol. The summed E-state index contributed by atoms with van der Waals surface area (Å²) in [7, 11) is -2.97. The molecule has 0 fully saturated rings. The van der Waals surface area contributed by atoms with E-state index in [2.05, 4.69) is 10.3 Å². The van der Waals surface area contributed by atoms with E-state index < -0.39 is 44.1 Å². The van der Waals surface area contributed by atoms with Gasteiger partial charge in [0, 0.05) is 0 Å². The van der Waals surface area contributed by atoms with E-state index in [1.807, 2.05) is 0 Å². The minimum Gasteiger partial charge on any atom is -0.497 e. The first-order valence-electron chi connectivity index (χ1n) is 11.6. The maximum atomic E-state index is 14.9. The molecule has 0 aliphatic rings. The Bertz CT molecular complexity index is 1510. The number of aromatic nitrogens is 1. The van der Waals surface area contributed by atoms with Crippen molar-refractivity contribution >= 4 is 43.9 Å². The maximum Gasteiger partial charge on any atom is 0.360 e. The van der Waals surface area contributed by atoms with E-state index in [9.17, 15) is 22.4 Å². The zero-order valence-corrected chi connectivity index (χ0v) is 23.5. The number of hydrogen-bond donors (Lipinski definition) is 1. The van der Waals surface area contributed by atoms with Gasteiger partial charge in [-0.15, -0.1) is 11.3 Å². The molecule has 1 heterocycles. The van der Waals surface area contributed by atoms with E-state index in [4.69, 9.17) is 14.7 Å². The number of ether oxygens (including phenoxy) is 2. The zero-order valence-electron chi connectivity index (χ0n) is 21.9. The molecule has 0 bridgehead atoms. The van der Waals surface area contributed by atoms with Gasteiger partial charge in [-0.2, -0.15) is 5.26 Å². The number of anilines is 2. The predicted octanol–water partition coefficient (Wildman–Crippen LogP) is 4.74. The molecule has 0 spiro atoms. The average molecular weight is 575 g/mol. The van der Waals surface area contributed by atoms with Gasteiger partial charge in [-0.3, -0.25) is 9.10 Å². The van der Waals surface area contributed by atoms with Gasteiger partial charge in [-0.25, -0.2) is 22.6 Å². The van der Waals surface area contributed by atoms with Crippen molar-refractivity contribution in [3.8, 4) is 11.8 Å². The van der Waals surface area contributed by atoms with Gasteiger partial charge >= 0.3 is 5.97 Å². The Balaban J connectivity index is 2.07. The van der Waals surface area contributed by atoms with Crippen LogP contribution >= 0.6 is 11.3 Å². The molecule has 3 rings (SSSR count). The second kappa shape index (κ2) is 11.8. The number of methoxy groups -OCH3 is 1. The summed E-state index contributed by atoms with van der Waals surface area (Å²) in [5.41, 5.74) is 0.528. The third-order valence-electron chi connectivity index (χ3n) is 5.23. The topological polar surface area (TPSA) is 139 Å². The number of benzene rings is 2. The molecular formula is C26H27FN4O6S2. The van der Waals surface area contributed by atoms with Crippen molar-refractivity contribution in [3.05, 3.63) is 65.0 Å². The number of thiazole rings is 1. The summed E-state index contributed by atoms with van der Waals surface area (Å²) >= 11 is 0.911. The highest BCUT2D eigenvalue weighted by molar-refractivity contribution is 7.93. The van der Waals surface area contributed by atoms with Crippen molar-refractivity contribution in [2.75, 3.05) is 16.7 Å². The first-order valence-corrected chi connectivity index (χ1v) is 13.9. The third kappa shape index (κ3) is 7.10. The number of nitriles is 1. The van der Waals surface area contributed by atoms with E-state index in [0.717, 1.165) is 33.8 Å². The number of rotatable bonds is 9. The van der Waals surface area contributed by atoms with Crippen molar-refractivity contribution in [2.24, 2.45) is 5.92 Å². The molecule has 0 aliphatic carbocycles. The normalized spacial score (nSPS) is 12.2. The fraction of sp³-hybridized carbons (Fsp3) is 0.308. The van der Waals surface area contributed by atoms with Crippen molar-refractivity contribution in [3.63, 3.8) is 0 Å². The second-order valence-corrected chi connectivity index (χ2v) is 12.0. The molecule has 3 aromatic rings. The van der Waals surface area contributed by atoms with Crippen molar-refractivity contribution in [1.29, 1.82) is 5.26 Å². The zero-order chi connectivity index (χ0) is 29.0. The Morgan fingerprint density at radius 2 is 1.87 bits per heavy atom. The molecule has 1 atom stereocenters. The van der Waals surface area contributed by atoms with Gasteiger partial charge in [-0.1, -0.05) is 12.1 Å². The summed E-state index contributed by atoms with van der Waals surface area (Å²) in [6.45, 7) is 6.14. The average Bonchev–Trinajstić information content (AvgIpc) is 3.36. The Morgan fingerprint density at radius 3 is 2.44 bits per heavy atom. The fourth-order valence-electron chi connectivity index (χ4n) is 3.23. The lowest BCUT2D eigenvalue weighted by Gasteiger charge is -2.25. The lowest BCUT2D eigenvalue weighted by Crippen LogP contribution is -2.32. The van der Waals surface area contributed by atoms with Gasteiger partial charge in [0.05, 0.1) is 35.8 Å². The number of carbonyl (C=O) groups is 2. The van der Waals surface area contributed by atoms with Crippen LogP contribution in [0.2, 0.25) is 0 Å². The van der Waals surface area contributed by atoms with Gasteiger partial charge in [-0.05, 0) is 63.6 Å². The molecule has 0 saturated heterocycles. The van der Waals surface area contributed by atoms with Crippen LogP contribution in [0.4, 0.5) is 15.1 Å². The van der Waals surface area contributed by atoms with Gasteiger partial charge in [0.2, 0.25) is 5.91 Å². The molecule has 10 nitrogen and oxygen atoms in total. The summed E-state index contributed by atoms with van der Waals surface area (Å²) in [6.07, 6.45) is 0. The molecule has 206 valence electrons. The van der Waals surface area contributed by atoms with Crippen LogP contribution in [-0.2, 0) is 26.1 Å². The van der Waals surface area contributed by atoms with Crippen LogP contribution in [0.1, 0.15) is 43.7 Å². The van der Waals surface area contributed by atoms with Crippen LogP contribution in [0.15, 0.2) is 52.9 Å². The molecule has 0 aliphatic heterocycles. The number of nitrogens with one attached hydrogen (secondary N) is 1. The Morgan fingerprint density at radius 1 is 1.21 bits per heavy atom. The number of sulfonamides is 1. The second-order valence-electron chi connectivity index (χ2n) is 9.35. The summed E-state index contributed by atoms with van der Waals surface area (Å²) in [6, 6.07) is 11.3. The number of esters is 1. The molecule has 2 aromatic carbocycles. The molecule has 1 N–H and O–H groups in total. The Hall–Kier alpha value is -4.02. The molecule has 1 aromatic heterocycles. The predicted molar refractivity (Wildman–Crippen MR) is 143 cm³/mol. The highest BCUT2D eigenvalue weighted by Gasteiger charge is 2.33. The molecule has 39 heavy (non-hydrogen) atoms. The van der Waals surface area contributed by atoms with Crippen molar-refractivity contribution in [2.45, 2.75) is 44.7 Å². The van der Waals surface area contributed by atoms with Crippen LogP contribution in [0.5, 0.6) is 5.75 Å².